The lowest BCUT2D eigenvalue weighted by molar-refractivity contribution is -0.388. The van der Waals surface area contributed by atoms with Crippen molar-refractivity contribution in [3.05, 3.63) is 52.6 Å². The Hall–Kier alpha value is -2.96. The molecule has 0 saturated heterocycles. The van der Waals surface area contributed by atoms with E-state index in [9.17, 15) is 18.5 Å². The summed E-state index contributed by atoms with van der Waals surface area (Å²) in [6.45, 7) is 5.09. The van der Waals surface area contributed by atoms with E-state index in [1.165, 1.54) is 12.1 Å². The predicted octanol–water partition coefficient (Wildman–Crippen LogP) is 3.35. The van der Waals surface area contributed by atoms with Crippen molar-refractivity contribution in [2.24, 2.45) is 0 Å². The standard InChI is InChI=1S/C18H18N6O4S2/c1-18(2,3)22-30(27,28)11-8-9-15(14(10-11)24(25)26)29-17-21-20-16-19-12-6-4-5-7-13(12)23(16)17/h4-10,22H,1-3H3,(H,19,20). The summed E-state index contributed by atoms with van der Waals surface area (Å²) in [6.07, 6.45) is 0. The first-order chi connectivity index (χ1) is 14.0. The molecule has 2 aromatic carbocycles. The van der Waals surface area contributed by atoms with Crippen LogP contribution in [0.15, 0.2) is 57.4 Å². The van der Waals surface area contributed by atoms with Crippen molar-refractivity contribution in [3.63, 3.8) is 0 Å². The normalized spacial score (nSPS) is 12.6. The minimum Gasteiger partial charge on any atom is -0.258 e. The Kier molecular flexibility index (Phi) is 4.79. The van der Waals surface area contributed by atoms with Crippen molar-refractivity contribution in [2.45, 2.75) is 41.3 Å². The zero-order valence-corrected chi connectivity index (χ0v) is 17.9. The van der Waals surface area contributed by atoms with Crippen LogP contribution in [0.25, 0.3) is 16.8 Å². The predicted molar refractivity (Wildman–Crippen MR) is 112 cm³/mol. The molecule has 0 spiro atoms. The van der Waals surface area contributed by atoms with E-state index in [2.05, 4.69) is 19.9 Å². The average molecular weight is 447 g/mol. The van der Waals surface area contributed by atoms with Gasteiger partial charge in [0.25, 0.3) is 5.69 Å². The first-order valence-corrected chi connectivity index (χ1v) is 11.2. The van der Waals surface area contributed by atoms with E-state index in [0.717, 1.165) is 28.9 Å². The van der Waals surface area contributed by atoms with Gasteiger partial charge in [0.15, 0.2) is 5.16 Å². The Balaban J connectivity index is 1.77. The molecule has 0 saturated carbocycles. The van der Waals surface area contributed by atoms with Gasteiger partial charge in [-0.25, -0.2) is 23.2 Å². The number of fused-ring (bicyclic) bond motifs is 3. The summed E-state index contributed by atoms with van der Waals surface area (Å²) in [5, 5.41) is 19.1. The Morgan fingerprint density at radius 1 is 1.20 bits per heavy atom. The first-order valence-electron chi connectivity index (χ1n) is 8.87. The van der Waals surface area contributed by atoms with Gasteiger partial charge >= 0.3 is 0 Å². The van der Waals surface area contributed by atoms with Gasteiger partial charge < -0.3 is 0 Å². The lowest BCUT2D eigenvalue weighted by atomic mass is 10.1. The third kappa shape index (κ3) is 3.76. The molecule has 0 amide bonds. The zero-order valence-electron chi connectivity index (χ0n) is 16.3. The van der Waals surface area contributed by atoms with E-state index in [0.29, 0.717) is 10.9 Å². The quantitative estimate of drug-likeness (QED) is 0.354. The highest BCUT2D eigenvalue weighted by atomic mass is 32.2. The van der Waals surface area contributed by atoms with E-state index in [1.54, 1.807) is 25.2 Å². The summed E-state index contributed by atoms with van der Waals surface area (Å²) in [5.74, 6) is 0.509. The van der Waals surface area contributed by atoms with E-state index >= 15 is 0 Å². The van der Waals surface area contributed by atoms with Gasteiger partial charge in [-0.3, -0.25) is 14.5 Å². The molecule has 2 N–H and O–H groups in total. The lowest BCUT2D eigenvalue weighted by Gasteiger charge is -2.20. The van der Waals surface area contributed by atoms with Crippen LogP contribution in [0.4, 0.5) is 5.69 Å². The molecule has 0 aliphatic heterocycles. The van der Waals surface area contributed by atoms with E-state index in [1.807, 2.05) is 24.3 Å². The number of benzene rings is 2. The molecule has 2 heterocycles. The maximum absolute atomic E-state index is 12.6. The number of sulfonamides is 1. The number of nitrogens with zero attached hydrogens (tertiary/aromatic N) is 4. The maximum atomic E-state index is 12.6. The molecule has 0 fully saturated rings. The van der Waals surface area contributed by atoms with Gasteiger partial charge in [0.05, 0.1) is 25.7 Å². The van der Waals surface area contributed by atoms with E-state index < -0.39 is 20.5 Å². The molecule has 0 atom stereocenters. The topological polar surface area (TPSA) is 135 Å². The highest BCUT2D eigenvalue weighted by Crippen LogP contribution is 2.36. The first kappa shape index (κ1) is 20.3. The Morgan fingerprint density at radius 3 is 2.63 bits per heavy atom. The van der Waals surface area contributed by atoms with Crippen LogP contribution >= 0.6 is 11.8 Å². The van der Waals surface area contributed by atoms with Crippen LogP contribution in [0.5, 0.6) is 0 Å². The van der Waals surface area contributed by atoms with Crippen molar-refractivity contribution in [1.82, 2.24) is 24.3 Å². The fourth-order valence-electron chi connectivity index (χ4n) is 2.96. The van der Waals surface area contributed by atoms with Crippen molar-refractivity contribution >= 4 is 44.3 Å². The molecular formula is C18H18N6O4S2. The molecule has 0 unspecified atom stereocenters. The SMILES string of the molecule is CC(C)(C)NS(=O)(=O)c1ccc(Sc2n[nH]c3nc4ccccc4n23)c([N+](=O)[O-])c1. The number of aromatic nitrogens is 4. The number of imidazole rings is 1. The number of aromatic amines is 1. The minimum absolute atomic E-state index is 0.172. The highest BCUT2D eigenvalue weighted by molar-refractivity contribution is 7.99. The van der Waals surface area contributed by atoms with Crippen LogP contribution in [0.3, 0.4) is 0 Å². The molecule has 0 aliphatic rings. The minimum atomic E-state index is -3.91. The van der Waals surface area contributed by atoms with Crippen LogP contribution < -0.4 is 4.72 Å². The summed E-state index contributed by atoms with van der Waals surface area (Å²) in [4.78, 5) is 15.6. The third-order valence-corrected chi connectivity index (χ3v) is 6.86. The van der Waals surface area contributed by atoms with Gasteiger partial charge in [-0.15, -0.1) is 5.10 Å². The van der Waals surface area contributed by atoms with Gasteiger partial charge in [0, 0.05) is 11.6 Å². The van der Waals surface area contributed by atoms with Crippen molar-refractivity contribution < 1.29 is 13.3 Å². The fraction of sp³-hybridized carbons (Fsp3) is 0.222. The van der Waals surface area contributed by atoms with Crippen LogP contribution in [0, 0.1) is 10.1 Å². The molecule has 10 nitrogen and oxygen atoms in total. The molecule has 156 valence electrons. The number of nitro groups is 1. The number of nitrogens with one attached hydrogen (secondary N) is 2. The Morgan fingerprint density at radius 2 is 1.93 bits per heavy atom. The number of rotatable bonds is 5. The third-order valence-electron chi connectivity index (χ3n) is 4.08. The molecule has 0 radical (unpaired) electrons. The largest absolute Gasteiger partial charge is 0.284 e. The molecule has 2 aromatic heterocycles. The molecule has 4 rings (SSSR count). The number of nitro benzene ring substituents is 1. The second-order valence-corrected chi connectivity index (χ2v) is 10.3. The smallest absolute Gasteiger partial charge is 0.258 e. The van der Waals surface area contributed by atoms with Crippen LogP contribution in [-0.4, -0.2) is 38.5 Å². The van der Waals surface area contributed by atoms with E-state index in [4.69, 9.17) is 0 Å². The van der Waals surface area contributed by atoms with Crippen LogP contribution in [0.1, 0.15) is 20.8 Å². The summed E-state index contributed by atoms with van der Waals surface area (Å²) in [5.41, 5.74) is 0.527. The van der Waals surface area contributed by atoms with Gasteiger partial charge in [-0.05, 0) is 56.8 Å². The van der Waals surface area contributed by atoms with Gasteiger partial charge in [0.2, 0.25) is 15.8 Å². The highest BCUT2D eigenvalue weighted by Gasteiger charge is 2.26. The van der Waals surface area contributed by atoms with Gasteiger partial charge in [-0.2, -0.15) is 0 Å². The number of H-pyrrole nitrogens is 1. The molecule has 4 aromatic rings. The maximum Gasteiger partial charge on any atom is 0.284 e. The van der Waals surface area contributed by atoms with Gasteiger partial charge in [-0.1, -0.05) is 12.1 Å². The Bertz CT molecular complexity index is 1380. The average Bonchev–Trinajstić information content (AvgIpc) is 3.19. The zero-order chi connectivity index (χ0) is 21.7. The number of hydrogen-bond donors (Lipinski definition) is 2. The Labute approximate surface area is 175 Å². The molecule has 0 bridgehead atoms. The van der Waals surface area contributed by atoms with Crippen molar-refractivity contribution in [2.75, 3.05) is 0 Å². The lowest BCUT2D eigenvalue weighted by Crippen LogP contribution is -2.40. The molecule has 0 aliphatic carbocycles. The van der Waals surface area contributed by atoms with Crippen molar-refractivity contribution in [3.8, 4) is 0 Å². The van der Waals surface area contributed by atoms with E-state index in [-0.39, 0.29) is 15.5 Å². The summed E-state index contributed by atoms with van der Waals surface area (Å²) < 4.78 is 29.4. The number of hydrogen-bond acceptors (Lipinski definition) is 7. The summed E-state index contributed by atoms with van der Waals surface area (Å²) in [7, 11) is -3.91. The van der Waals surface area contributed by atoms with Crippen LogP contribution in [-0.2, 0) is 10.0 Å². The molecular weight excluding hydrogens is 428 g/mol. The second kappa shape index (κ2) is 7.07. The molecule has 12 heteroatoms. The monoisotopic (exact) mass is 446 g/mol. The summed E-state index contributed by atoms with van der Waals surface area (Å²) >= 11 is 1.05. The number of para-hydroxylation sites is 2. The fourth-order valence-corrected chi connectivity index (χ4v) is 5.34. The second-order valence-electron chi connectivity index (χ2n) is 7.61. The van der Waals surface area contributed by atoms with Crippen LogP contribution in [0.2, 0.25) is 0 Å². The van der Waals surface area contributed by atoms with Gasteiger partial charge in [0.1, 0.15) is 0 Å². The van der Waals surface area contributed by atoms with Crippen molar-refractivity contribution in [1.29, 1.82) is 0 Å². The molecule has 30 heavy (non-hydrogen) atoms. The summed E-state index contributed by atoms with van der Waals surface area (Å²) in [6, 6.07) is 11.3.